The zero-order valence-electron chi connectivity index (χ0n) is 12.4. The molecule has 0 unspecified atom stereocenters. The highest BCUT2D eigenvalue weighted by molar-refractivity contribution is 6.30. The summed E-state index contributed by atoms with van der Waals surface area (Å²) in [5.74, 6) is -2.07. The van der Waals surface area contributed by atoms with Gasteiger partial charge in [0, 0.05) is 35.3 Å². The predicted octanol–water partition coefficient (Wildman–Crippen LogP) is 0.736. The average molecular weight is 344 g/mol. The van der Waals surface area contributed by atoms with E-state index >= 15 is 0 Å². The van der Waals surface area contributed by atoms with E-state index in [0.717, 1.165) is 0 Å². The lowest BCUT2D eigenvalue weighted by molar-refractivity contribution is -0.298. The van der Waals surface area contributed by atoms with Crippen LogP contribution in [0.4, 0.5) is 0 Å². The Morgan fingerprint density at radius 1 is 1.46 bits per heavy atom. The topological polar surface area (TPSA) is 125 Å². The molecule has 0 bridgehead atoms. The first-order chi connectivity index (χ1) is 11.4. The summed E-state index contributed by atoms with van der Waals surface area (Å²) in [7, 11) is 0. The first-order valence-electron chi connectivity index (χ1n) is 6.85. The van der Waals surface area contributed by atoms with E-state index in [9.17, 15) is 14.7 Å². The maximum Gasteiger partial charge on any atom is 0.219 e. The Kier molecular flexibility index (Phi) is 5.35. The molecule has 0 aliphatic heterocycles. The van der Waals surface area contributed by atoms with Crippen LogP contribution in [0.2, 0.25) is 5.02 Å². The first-order valence-corrected chi connectivity index (χ1v) is 7.23. The van der Waals surface area contributed by atoms with Crippen LogP contribution < -0.4 is 10.8 Å². The van der Waals surface area contributed by atoms with Crippen molar-refractivity contribution in [1.82, 2.24) is 9.78 Å². The Morgan fingerprint density at radius 3 is 2.79 bits per heavy atom. The maximum absolute atomic E-state index is 10.9. The van der Waals surface area contributed by atoms with Crippen LogP contribution in [0, 0.1) is 11.3 Å². The molecule has 7 nitrogen and oxygen atoms in total. The number of carboxylic acids is 1. The quantitative estimate of drug-likeness (QED) is 0.611. The minimum absolute atomic E-state index is 0.0748. The van der Waals surface area contributed by atoms with Crippen LogP contribution in [0.25, 0.3) is 17.3 Å². The number of nitriles is 1. The highest BCUT2D eigenvalue weighted by Gasteiger charge is 2.12. The van der Waals surface area contributed by atoms with Crippen LogP contribution in [-0.2, 0) is 16.1 Å². The number of benzene rings is 1. The number of carbonyl (C=O) groups is 2. The van der Waals surface area contributed by atoms with Gasteiger partial charge in [-0.05, 0) is 18.2 Å². The lowest BCUT2D eigenvalue weighted by Crippen LogP contribution is -2.23. The molecule has 0 aliphatic carbocycles. The van der Waals surface area contributed by atoms with Crippen molar-refractivity contribution in [3.63, 3.8) is 0 Å². The second kappa shape index (κ2) is 7.44. The molecule has 1 amide bonds. The van der Waals surface area contributed by atoms with Crippen molar-refractivity contribution in [1.29, 1.82) is 5.26 Å². The van der Waals surface area contributed by atoms with Gasteiger partial charge in [0.1, 0.15) is 6.07 Å². The third kappa shape index (κ3) is 4.21. The Hall–Kier alpha value is -3.11. The van der Waals surface area contributed by atoms with Crippen LogP contribution in [0.15, 0.2) is 36.0 Å². The lowest BCUT2D eigenvalue weighted by Gasteiger charge is -2.01. The zero-order chi connectivity index (χ0) is 17.7. The molecule has 0 fully saturated rings. The average Bonchev–Trinajstić information content (AvgIpc) is 2.93. The largest absolute Gasteiger partial charge is 0.544 e. The molecular weight excluding hydrogens is 332 g/mol. The number of primary amides is 1. The molecule has 0 saturated carbocycles. The molecular formula is C16H12ClN4O3-. The van der Waals surface area contributed by atoms with E-state index < -0.39 is 17.4 Å². The van der Waals surface area contributed by atoms with Gasteiger partial charge in [0.25, 0.3) is 0 Å². The van der Waals surface area contributed by atoms with Crippen LogP contribution in [-0.4, -0.2) is 21.7 Å². The van der Waals surface area contributed by atoms with E-state index in [-0.39, 0.29) is 13.0 Å². The maximum atomic E-state index is 10.9. The molecule has 1 aromatic heterocycles. The summed E-state index contributed by atoms with van der Waals surface area (Å²) < 4.78 is 1.46. The van der Waals surface area contributed by atoms with E-state index in [0.29, 0.717) is 21.8 Å². The molecule has 0 radical (unpaired) electrons. The number of aryl methyl sites for hydroxylation is 1. The van der Waals surface area contributed by atoms with Gasteiger partial charge in [-0.1, -0.05) is 23.7 Å². The Bertz CT molecular complexity index is 864. The van der Waals surface area contributed by atoms with Gasteiger partial charge in [0.2, 0.25) is 5.91 Å². The third-order valence-electron chi connectivity index (χ3n) is 3.12. The molecule has 0 spiro atoms. The third-order valence-corrected chi connectivity index (χ3v) is 3.35. The predicted molar refractivity (Wildman–Crippen MR) is 85.1 cm³/mol. The summed E-state index contributed by atoms with van der Waals surface area (Å²) in [4.78, 5) is 21.9. The van der Waals surface area contributed by atoms with Gasteiger partial charge in [-0.2, -0.15) is 10.4 Å². The molecule has 2 rings (SSSR count). The van der Waals surface area contributed by atoms with Crippen molar-refractivity contribution in [3.8, 4) is 17.3 Å². The number of amides is 1. The van der Waals surface area contributed by atoms with E-state index in [4.69, 9.17) is 22.6 Å². The summed E-state index contributed by atoms with van der Waals surface area (Å²) in [5.41, 5.74) is 6.04. The van der Waals surface area contributed by atoms with Gasteiger partial charge in [-0.3, -0.25) is 9.48 Å². The molecule has 8 heteroatoms. The van der Waals surface area contributed by atoms with Crippen LogP contribution in [0.3, 0.4) is 0 Å². The summed E-state index contributed by atoms with van der Waals surface area (Å²) >= 11 is 5.97. The number of nitrogens with zero attached hydrogens (tertiary/aromatic N) is 3. The molecule has 24 heavy (non-hydrogen) atoms. The van der Waals surface area contributed by atoms with E-state index in [1.807, 2.05) is 0 Å². The van der Waals surface area contributed by atoms with Gasteiger partial charge in [-0.15, -0.1) is 0 Å². The van der Waals surface area contributed by atoms with E-state index in [2.05, 4.69) is 5.10 Å². The molecule has 1 aromatic carbocycles. The smallest absolute Gasteiger partial charge is 0.219 e. The van der Waals surface area contributed by atoms with E-state index in [1.165, 1.54) is 17.0 Å². The minimum atomic E-state index is -1.58. The van der Waals surface area contributed by atoms with Crippen molar-refractivity contribution < 1.29 is 14.7 Å². The van der Waals surface area contributed by atoms with Crippen molar-refractivity contribution in [2.45, 2.75) is 13.0 Å². The number of carbonyl (C=O) groups excluding carboxylic acids is 2. The highest BCUT2D eigenvalue weighted by Crippen LogP contribution is 2.26. The van der Waals surface area contributed by atoms with Gasteiger partial charge >= 0.3 is 0 Å². The monoisotopic (exact) mass is 343 g/mol. The first kappa shape index (κ1) is 17.2. The number of hydrogen-bond donors (Lipinski definition) is 1. The molecule has 2 N–H and O–H groups in total. The number of hydrogen-bond acceptors (Lipinski definition) is 5. The zero-order valence-corrected chi connectivity index (χ0v) is 13.2. The Balaban J connectivity index is 2.52. The number of halogens is 1. The number of rotatable bonds is 6. The molecule has 122 valence electrons. The normalized spacial score (nSPS) is 11.1. The fourth-order valence-electron chi connectivity index (χ4n) is 2.03. The van der Waals surface area contributed by atoms with Gasteiger partial charge in [0.15, 0.2) is 0 Å². The SMILES string of the molecule is N#C/C(=C\c1cn(CCC(N)=O)nc1-c1cccc(Cl)c1)C(=O)[O-]. The number of nitrogens with two attached hydrogens (primary N) is 1. The van der Waals surface area contributed by atoms with Gasteiger partial charge < -0.3 is 15.6 Å². The van der Waals surface area contributed by atoms with Crippen molar-refractivity contribution in [2.75, 3.05) is 0 Å². The molecule has 0 saturated heterocycles. The second-order valence-electron chi connectivity index (χ2n) is 4.88. The van der Waals surface area contributed by atoms with Gasteiger partial charge in [-0.25, -0.2) is 0 Å². The molecule has 1 heterocycles. The summed E-state index contributed by atoms with van der Waals surface area (Å²) in [6.45, 7) is 0.226. The van der Waals surface area contributed by atoms with Crippen molar-refractivity contribution in [2.24, 2.45) is 5.73 Å². The standard InChI is InChI=1S/C16H13ClN4O3/c17-13-3-1-2-10(7-13)15-12(6-11(8-18)16(23)24)9-21(20-15)5-4-14(19)22/h1-3,6-7,9H,4-5H2,(H2,19,22)(H,23,24)/p-1/b11-6+. The summed E-state index contributed by atoms with van der Waals surface area (Å²) in [5, 5.41) is 24.6. The van der Waals surface area contributed by atoms with Crippen molar-refractivity contribution >= 4 is 29.6 Å². The fourth-order valence-corrected chi connectivity index (χ4v) is 2.22. The van der Waals surface area contributed by atoms with Crippen LogP contribution in [0.5, 0.6) is 0 Å². The Morgan fingerprint density at radius 2 is 2.21 bits per heavy atom. The van der Waals surface area contributed by atoms with Crippen LogP contribution >= 0.6 is 11.6 Å². The van der Waals surface area contributed by atoms with Crippen molar-refractivity contribution in [3.05, 3.63) is 46.6 Å². The molecule has 0 aliphatic rings. The summed E-state index contributed by atoms with van der Waals surface area (Å²) in [6.07, 6.45) is 2.77. The highest BCUT2D eigenvalue weighted by atomic mass is 35.5. The molecule has 2 aromatic rings. The van der Waals surface area contributed by atoms with E-state index in [1.54, 1.807) is 30.3 Å². The summed E-state index contributed by atoms with van der Waals surface area (Å²) in [6, 6.07) is 8.37. The second-order valence-corrected chi connectivity index (χ2v) is 5.32. The number of aromatic nitrogens is 2. The fraction of sp³-hybridized carbons (Fsp3) is 0.125. The minimum Gasteiger partial charge on any atom is -0.544 e. The van der Waals surface area contributed by atoms with Gasteiger partial charge in [0.05, 0.1) is 17.2 Å². The molecule has 0 atom stereocenters. The van der Waals surface area contributed by atoms with Crippen LogP contribution in [0.1, 0.15) is 12.0 Å². The Labute approximate surface area is 142 Å². The number of aliphatic carboxylic acids is 1. The lowest BCUT2D eigenvalue weighted by atomic mass is 10.1. The number of carboxylic acid groups (broad SMARTS) is 1.